The summed E-state index contributed by atoms with van der Waals surface area (Å²) in [4.78, 5) is 27.3. The summed E-state index contributed by atoms with van der Waals surface area (Å²) in [5, 5.41) is 7.23. The lowest BCUT2D eigenvalue weighted by Gasteiger charge is -2.19. The Morgan fingerprint density at radius 1 is 1.17 bits per heavy atom. The van der Waals surface area contributed by atoms with Crippen molar-refractivity contribution >= 4 is 22.7 Å². The molecule has 0 amide bonds. The van der Waals surface area contributed by atoms with Crippen LogP contribution in [0, 0.1) is 0 Å². The van der Waals surface area contributed by atoms with Gasteiger partial charge in [-0.25, -0.2) is 19.3 Å². The van der Waals surface area contributed by atoms with E-state index in [4.69, 9.17) is 9.97 Å². The monoisotopic (exact) mass is 469 g/mol. The molecule has 0 atom stereocenters. The molecule has 8 heteroatoms. The van der Waals surface area contributed by atoms with Crippen LogP contribution in [0.3, 0.4) is 0 Å². The van der Waals surface area contributed by atoms with Crippen molar-refractivity contribution in [2.45, 2.75) is 52.1 Å². The summed E-state index contributed by atoms with van der Waals surface area (Å²) in [6, 6.07) is 12.2. The Hall–Kier alpha value is -3.78. The van der Waals surface area contributed by atoms with Crippen molar-refractivity contribution in [3.63, 3.8) is 0 Å². The Morgan fingerprint density at radius 2 is 2.03 bits per heavy atom. The van der Waals surface area contributed by atoms with E-state index in [9.17, 15) is 4.79 Å². The third-order valence-electron chi connectivity index (χ3n) is 6.27. The van der Waals surface area contributed by atoms with Gasteiger partial charge < -0.3 is 10.6 Å². The zero-order valence-corrected chi connectivity index (χ0v) is 20.5. The molecule has 1 aliphatic rings. The molecule has 0 spiro atoms. The highest BCUT2D eigenvalue weighted by atomic mass is 16.1. The van der Waals surface area contributed by atoms with Gasteiger partial charge in [0.1, 0.15) is 5.39 Å². The zero-order chi connectivity index (χ0) is 24.6. The van der Waals surface area contributed by atoms with Crippen molar-refractivity contribution in [3.8, 4) is 5.82 Å². The van der Waals surface area contributed by atoms with E-state index >= 15 is 0 Å². The summed E-state index contributed by atoms with van der Waals surface area (Å²) in [6.45, 7) is 12.4. The topological polar surface area (TPSA) is 89.7 Å². The number of benzene rings is 1. The second kappa shape index (κ2) is 9.11. The third-order valence-corrected chi connectivity index (χ3v) is 6.27. The highest BCUT2D eigenvalue weighted by Gasteiger charge is 2.21. The average Bonchev–Trinajstić information content (AvgIpc) is 2.97. The van der Waals surface area contributed by atoms with Crippen LogP contribution >= 0.6 is 0 Å². The first kappa shape index (κ1) is 23.0. The zero-order valence-electron chi connectivity index (χ0n) is 20.5. The van der Waals surface area contributed by atoms with E-state index in [1.807, 2.05) is 18.2 Å². The number of hydrogen-bond donors (Lipinski definition) is 2. The second-order valence-electron chi connectivity index (χ2n) is 9.94. The first-order chi connectivity index (χ1) is 16.8. The average molecular weight is 470 g/mol. The summed E-state index contributed by atoms with van der Waals surface area (Å²) < 4.78 is 3.36. The Kier molecular flexibility index (Phi) is 5.98. The number of aryl methyl sites for hydroxylation is 1. The summed E-state index contributed by atoms with van der Waals surface area (Å²) >= 11 is 0. The van der Waals surface area contributed by atoms with E-state index < -0.39 is 0 Å². The molecule has 3 aromatic heterocycles. The number of hydrogen-bond acceptors (Lipinski definition) is 6. The summed E-state index contributed by atoms with van der Waals surface area (Å²) in [6.07, 6.45) is 5.50. The van der Waals surface area contributed by atoms with Crippen LogP contribution in [0.1, 0.15) is 44.0 Å². The van der Waals surface area contributed by atoms with E-state index in [1.165, 1.54) is 11.1 Å². The van der Waals surface area contributed by atoms with Gasteiger partial charge in [-0.3, -0.25) is 4.79 Å². The lowest BCUT2D eigenvalue weighted by atomic mass is 9.92. The molecule has 35 heavy (non-hydrogen) atoms. The van der Waals surface area contributed by atoms with Gasteiger partial charge in [-0.2, -0.15) is 4.98 Å². The maximum atomic E-state index is 13.2. The molecule has 4 heterocycles. The first-order valence-corrected chi connectivity index (χ1v) is 12.0. The number of anilines is 2. The van der Waals surface area contributed by atoms with Crippen LogP contribution in [-0.4, -0.2) is 30.9 Å². The molecule has 1 aliphatic heterocycles. The SMILES string of the molecule is C=CCn1c(=O)c2cnc(Nc3ccc4c(c3)CNCCC4)nc2n1-c1cccc(C(C)(C)C)n1. The van der Waals surface area contributed by atoms with Gasteiger partial charge >= 0.3 is 0 Å². The third kappa shape index (κ3) is 4.49. The number of pyridine rings is 1. The molecule has 0 bridgehead atoms. The lowest BCUT2D eigenvalue weighted by molar-refractivity contribution is 0.554. The van der Waals surface area contributed by atoms with Gasteiger partial charge in [-0.1, -0.05) is 39.0 Å². The van der Waals surface area contributed by atoms with Gasteiger partial charge in [0.05, 0.1) is 6.54 Å². The highest BCUT2D eigenvalue weighted by molar-refractivity contribution is 5.77. The summed E-state index contributed by atoms with van der Waals surface area (Å²) in [5.74, 6) is 1.06. The quantitative estimate of drug-likeness (QED) is 0.425. The minimum absolute atomic E-state index is 0.135. The Balaban J connectivity index is 1.60. The van der Waals surface area contributed by atoms with Crippen LogP contribution in [0.2, 0.25) is 0 Å². The molecule has 4 aromatic rings. The van der Waals surface area contributed by atoms with Crippen LogP contribution in [0.5, 0.6) is 0 Å². The number of aromatic nitrogens is 5. The van der Waals surface area contributed by atoms with Crippen LogP contribution in [0.15, 0.2) is 60.0 Å². The normalized spacial score (nSPS) is 13.9. The molecule has 1 aromatic carbocycles. The van der Waals surface area contributed by atoms with Gasteiger partial charge in [0.15, 0.2) is 11.5 Å². The number of nitrogens with zero attached hydrogens (tertiary/aromatic N) is 5. The van der Waals surface area contributed by atoms with E-state index in [0.29, 0.717) is 29.3 Å². The predicted octanol–water partition coefficient (Wildman–Crippen LogP) is 4.24. The Bertz CT molecular complexity index is 1460. The molecule has 0 unspecified atom stereocenters. The van der Waals surface area contributed by atoms with Crippen molar-refractivity contribution < 1.29 is 0 Å². The number of allylic oxidation sites excluding steroid dienone is 1. The summed E-state index contributed by atoms with van der Waals surface area (Å²) in [5.41, 5.74) is 4.70. The first-order valence-electron chi connectivity index (χ1n) is 12.0. The molecule has 5 rings (SSSR count). The van der Waals surface area contributed by atoms with Crippen molar-refractivity contribution in [1.29, 1.82) is 0 Å². The number of fused-ring (bicyclic) bond motifs is 2. The molecular formula is C27H31N7O. The van der Waals surface area contributed by atoms with E-state index in [1.54, 1.807) is 21.6 Å². The van der Waals surface area contributed by atoms with Crippen molar-refractivity contribution in [1.82, 2.24) is 29.6 Å². The van der Waals surface area contributed by atoms with Gasteiger partial charge in [-0.15, -0.1) is 6.58 Å². The molecule has 0 saturated heterocycles. The molecule has 2 N–H and O–H groups in total. The predicted molar refractivity (Wildman–Crippen MR) is 140 cm³/mol. The Morgan fingerprint density at radius 3 is 2.83 bits per heavy atom. The summed E-state index contributed by atoms with van der Waals surface area (Å²) in [7, 11) is 0. The molecule has 0 saturated carbocycles. The van der Waals surface area contributed by atoms with Crippen LogP contribution in [0.4, 0.5) is 11.6 Å². The maximum absolute atomic E-state index is 13.2. The van der Waals surface area contributed by atoms with Crippen LogP contribution in [0.25, 0.3) is 16.9 Å². The smallest absolute Gasteiger partial charge is 0.278 e. The highest BCUT2D eigenvalue weighted by Crippen LogP contribution is 2.24. The van der Waals surface area contributed by atoms with E-state index in [2.05, 4.69) is 61.2 Å². The van der Waals surface area contributed by atoms with Gasteiger partial charge in [-0.05, 0) is 54.8 Å². The largest absolute Gasteiger partial charge is 0.324 e. The van der Waals surface area contributed by atoms with E-state index in [0.717, 1.165) is 37.3 Å². The van der Waals surface area contributed by atoms with Crippen LogP contribution in [-0.2, 0) is 24.9 Å². The fourth-order valence-electron chi connectivity index (χ4n) is 4.44. The molecular weight excluding hydrogens is 438 g/mol. The molecule has 0 aliphatic carbocycles. The lowest BCUT2D eigenvalue weighted by Crippen LogP contribution is -2.23. The number of rotatable bonds is 5. The van der Waals surface area contributed by atoms with Crippen LogP contribution < -0.4 is 16.2 Å². The van der Waals surface area contributed by atoms with Crippen molar-refractivity contribution in [3.05, 3.63) is 82.4 Å². The maximum Gasteiger partial charge on any atom is 0.278 e. The number of nitrogens with one attached hydrogen (secondary N) is 2. The van der Waals surface area contributed by atoms with Crippen molar-refractivity contribution in [2.24, 2.45) is 0 Å². The fourth-order valence-corrected chi connectivity index (χ4v) is 4.44. The molecule has 0 fully saturated rings. The minimum Gasteiger partial charge on any atom is -0.324 e. The fraction of sp³-hybridized carbons (Fsp3) is 0.333. The minimum atomic E-state index is -0.175. The molecule has 0 radical (unpaired) electrons. The van der Waals surface area contributed by atoms with Gasteiger partial charge in [0.2, 0.25) is 5.95 Å². The van der Waals surface area contributed by atoms with Crippen molar-refractivity contribution in [2.75, 3.05) is 11.9 Å². The Labute approximate surface area is 204 Å². The van der Waals surface area contributed by atoms with Gasteiger partial charge in [0.25, 0.3) is 5.56 Å². The van der Waals surface area contributed by atoms with E-state index in [-0.39, 0.29) is 11.0 Å². The molecule has 180 valence electrons. The second-order valence-corrected chi connectivity index (χ2v) is 9.94. The standard InChI is InChI=1S/C27H31N7O/c1-5-14-33-25(35)21-17-29-26(30-20-12-11-18-8-7-13-28-16-19(18)15-20)32-24(21)34(33)23-10-6-9-22(31-23)27(2,3)4/h5-6,9-12,15,17,28H,1,7-8,13-14,16H2,2-4H3,(H,29,30,32). The molecule has 8 nitrogen and oxygen atoms in total. The van der Waals surface area contributed by atoms with Gasteiger partial charge in [0, 0.05) is 29.5 Å².